The molecule has 0 aromatic heterocycles. The number of carbonyl (C=O) groups excluding carboxylic acids is 1. The van der Waals surface area contributed by atoms with Crippen molar-refractivity contribution >= 4 is 5.78 Å². The van der Waals surface area contributed by atoms with Crippen molar-refractivity contribution in [3.63, 3.8) is 0 Å². The first-order valence-corrected chi connectivity index (χ1v) is 5.99. The second-order valence-electron chi connectivity index (χ2n) is 5.07. The molecule has 1 nitrogen and oxygen atoms in total. The summed E-state index contributed by atoms with van der Waals surface area (Å²) in [4.78, 5) is 11.6. The Morgan fingerprint density at radius 1 is 1.39 bits per heavy atom. The van der Waals surface area contributed by atoms with Crippen LogP contribution in [0.4, 0.5) is 13.2 Å². The van der Waals surface area contributed by atoms with Crippen molar-refractivity contribution in [2.45, 2.75) is 38.8 Å². The number of carbonyl (C=O) groups is 1. The van der Waals surface area contributed by atoms with Gasteiger partial charge < -0.3 is 0 Å². The highest BCUT2D eigenvalue weighted by Gasteiger charge is 2.50. The molecule has 1 aliphatic rings. The average molecular weight is 256 g/mol. The van der Waals surface area contributed by atoms with Crippen LogP contribution in [0, 0.1) is 5.41 Å². The number of hydrogen-bond acceptors (Lipinski definition) is 1. The highest BCUT2D eigenvalue weighted by Crippen LogP contribution is 2.52. The van der Waals surface area contributed by atoms with E-state index in [2.05, 4.69) is 0 Å². The van der Waals surface area contributed by atoms with Gasteiger partial charge in [0.05, 0.1) is 5.56 Å². The Balaban J connectivity index is 2.34. The van der Waals surface area contributed by atoms with E-state index in [1.54, 1.807) is 6.07 Å². The number of Topliss-reactive ketones (excluding diaryl/α,β-unsaturated/α-hetero) is 1. The van der Waals surface area contributed by atoms with Crippen LogP contribution in [-0.2, 0) is 11.0 Å². The molecular formula is C14H15F3O. The van der Waals surface area contributed by atoms with Gasteiger partial charge in [-0.25, -0.2) is 0 Å². The lowest BCUT2D eigenvalue weighted by Gasteiger charge is -2.45. The van der Waals surface area contributed by atoms with Gasteiger partial charge in [-0.15, -0.1) is 0 Å². The summed E-state index contributed by atoms with van der Waals surface area (Å²) in [5, 5.41) is 0. The van der Waals surface area contributed by atoms with E-state index < -0.39 is 17.2 Å². The minimum absolute atomic E-state index is 0.0858. The minimum Gasteiger partial charge on any atom is -0.299 e. The fourth-order valence-corrected chi connectivity index (χ4v) is 2.57. The molecule has 0 bridgehead atoms. The summed E-state index contributed by atoms with van der Waals surface area (Å²) in [7, 11) is 0. The molecule has 1 aromatic rings. The molecule has 0 amide bonds. The lowest BCUT2D eigenvalue weighted by Crippen LogP contribution is -2.45. The van der Waals surface area contributed by atoms with E-state index in [4.69, 9.17) is 0 Å². The van der Waals surface area contributed by atoms with Gasteiger partial charge in [-0.1, -0.05) is 32.0 Å². The molecule has 2 atom stereocenters. The molecule has 2 rings (SSSR count). The first-order chi connectivity index (χ1) is 8.29. The zero-order valence-electron chi connectivity index (χ0n) is 10.3. The van der Waals surface area contributed by atoms with E-state index in [1.807, 2.05) is 13.8 Å². The molecule has 0 saturated heterocycles. The standard InChI is InChI=1S/C14H15F3O/c1-3-13(2)11(8-12(13)18)9-5-4-6-10(7-9)14(15,16)17/h4-7,11H,3,8H2,1-2H3. The summed E-state index contributed by atoms with van der Waals surface area (Å²) >= 11 is 0. The monoisotopic (exact) mass is 256 g/mol. The SMILES string of the molecule is CCC1(C)C(=O)CC1c1cccc(C(F)(F)F)c1. The number of halogens is 3. The van der Waals surface area contributed by atoms with Crippen LogP contribution >= 0.6 is 0 Å². The summed E-state index contributed by atoms with van der Waals surface area (Å²) in [5.41, 5.74) is -0.517. The zero-order valence-corrected chi connectivity index (χ0v) is 10.3. The second kappa shape index (κ2) is 4.11. The normalized spacial score (nSPS) is 28.1. The van der Waals surface area contributed by atoms with E-state index in [0.717, 1.165) is 6.07 Å². The molecule has 0 N–H and O–H groups in total. The molecule has 0 spiro atoms. The molecule has 2 unspecified atom stereocenters. The lowest BCUT2D eigenvalue weighted by molar-refractivity contribution is -0.139. The fraction of sp³-hybridized carbons (Fsp3) is 0.500. The van der Waals surface area contributed by atoms with E-state index in [9.17, 15) is 18.0 Å². The van der Waals surface area contributed by atoms with Crippen molar-refractivity contribution in [3.8, 4) is 0 Å². The Labute approximate surface area is 104 Å². The molecule has 1 fully saturated rings. The van der Waals surface area contributed by atoms with Gasteiger partial charge in [0.2, 0.25) is 0 Å². The molecule has 0 heterocycles. The van der Waals surface area contributed by atoms with Crippen molar-refractivity contribution in [1.29, 1.82) is 0 Å². The molecular weight excluding hydrogens is 241 g/mol. The van der Waals surface area contributed by atoms with Crippen molar-refractivity contribution in [1.82, 2.24) is 0 Å². The summed E-state index contributed by atoms with van der Waals surface area (Å²) in [5.74, 6) is 0.0599. The molecule has 1 saturated carbocycles. The van der Waals surface area contributed by atoms with E-state index in [-0.39, 0.29) is 11.7 Å². The van der Waals surface area contributed by atoms with E-state index in [1.165, 1.54) is 12.1 Å². The largest absolute Gasteiger partial charge is 0.416 e. The van der Waals surface area contributed by atoms with Crippen LogP contribution in [0.2, 0.25) is 0 Å². The Bertz CT molecular complexity index is 478. The highest BCUT2D eigenvalue weighted by molar-refractivity contribution is 5.93. The fourth-order valence-electron chi connectivity index (χ4n) is 2.57. The highest BCUT2D eigenvalue weighted by atomic mass is 19.4. The molecule has 4 heteroatoms. The summed E-state index contributed by atoms with van der Waals surface area (Å²) < 4.78 is 37.9. The molecule has 98 valence electrons. The third kappa shape index (κ3) is 1.93. The maximum absolute atomic E-state index is 12.6. The van der Waals surface area contributed by atoms with Gasteiger partial charge in [0.25, 0.3) is 0 Å². The van der Waals surface area contributed by atoms with Crippen LogP contribution < -0.4 is 0 Å². The van der Waals surface area contributed by atoms with Crippen LogP contribution in [0.25, 0.3) is 0 Å². The predicted molar refractivity (Wildman–Crippen MR) is 62.2 cm³/mol. The van der Waals surface area contributed by atoms with Crippen LogP contribution in [0.15, 0.2) is 24.3 Å². The van der Waals surface area contributed by atoms with Crippen molar-refractivity contribution in [2.24, 2.45) is 5.41 Å². The van der Waals surface area contributed by atoms with Gasteiger partial charge >= 0.3 is 6.18 Å². The Morgan fingerprint density at radius 3 is 2.56 bits per heavy atom. The van der Waals surface area contributed by atoms with Gasteiger partial charge in [-0.05, 0) is 18.1 Å². The number of alkyl halides is 3. The summed E-state index contributed by atoms with van der Waals surface area (Å²) in [6, 6.07) is 5.33. The van der Waals surface area contributed by atoms with Gasteiger partial charge in [0.1, 0.15) is 5.78 Å². The number of rotatable bonds is 2. The van der Waals surface area contributed by atoms with Crippen LogP contribution in [0.1, 0.15) is 43.7 Å². The number of ketones is 1. The Morgan fingerprint density at radius 2 is 2.06 bits per heavy atom. The quantitative estimate of drug-likeness (QED) is 0.775. The molecule has 1 aliphatic carbocycles. The second-order valence-corrected chi connectivity index (χ2v) is 5.07. The minimum atomic E-state index is -4.33. The molecule has 0 radical (unpaired) electrons. The van der Waals surface area contributed by atoms with Crippen molar-refractivity contribution in [2.75, 3.05) is 0 Å². The predicted octanol–water partition coefficient (Wildman–Crippen LogP) is 4.18. The van der Waals surface area contributed by atoms with Crippen LogP contribution in [0.5, 0.6) is 0 Å². The van der Waals surface area contributed by atoms with Gasteiger partial charge in [0.15, 0.2) is 0 Å². The maximum Gasteiger partial charge on any atom is 0.416 e. The van der Waals surface area contributed by atoms with E-state index in [0.29, 0.717) is 18.4 Å². The van der Waals surface area contributed by atoms with Crippen LogP contribution in [0.3, 0.4) is 0 Å². The summed E-state index contributed by atoms with van der Waals surface area (Å²) in [6.07, 6.45) is -3.31. The van der Waals surface area contributed by atoms with Crippen molar-refractivity contribution in [3.05, 3.63) is 35.4 Å². The zero-order chi connectivity index (χ0) is 13.6. The van der Waals surface area contributed by atoms with E-state index >= 15 is 0 Å². The first kappa shape index (κ1) is 13.1. The number of benzene rings is 1. The van der Waals surface area contributed by atoms with Crippen molar-refractivity contribution < 1.29 is 18.0 Å². The number of hydrogen-bond donors (Lipinski definition) is 0. The summed E-state index contributed by atoms with van der Waals surface area (Å²) in [6.45, 7) is 3.74. The first-order valence-electron chi connectivity index (χ1n) is 5.99. The molecule has 18 heavy (non-hydrogen) atoms. The van der Waals surface area contributed by atoms with Crippen LogP contribution in [-0.4, -0.2) is 5.78 Å². The Hall–Kier alpha value is -1.32. The third-order valence-electron chi connectivity index (χ3n) is 4.15. The lowest BCUT2D eigenvalue weighted by atomic mass is 9.56. The molecule has 1 aromatic carbocycles. The topological polar surface area (TPSA) is 17.1 Å². The van der Waals surface area contributed by atoms with Gasteiger partial charge in [0, 0.05) is 17.8 Å². The van der Waals surface area contributed by atoms with Gasteiger partial charge in [-0.3, -0.25) is 4.79 Å². The molecule has 0 aliphatic heterocycles. The van der Waals surface area contributed by atoms with Gasteiger partial charge in [-0.2, -0.15) is 13.2 Å². The maximum atomic E-state index is 12.6. The smallest absolute Gasteiger partial charge is 0.299 e. The average Bonchev–Trinajstić information content (AvgIpc) is 2.33. The Kier molecular flexibility index (Phi) is 2.99. The third-order valence-corrected chi connectivity index (χ3v) is 4.15.